The Morgan fingerprint density at radius 3 is 2.69 bits per heavy atom. The third kappa shape index (κ3) is 1.34. The van der Waals surface area contributed by atoms with Crippen LogP contribution in [0.5, 0.6) is 0 Å². The van der Waals surface area contributed by atoms with Crippen LogP contribution < -0.4 is 5.69 Å². The molecular weight excluding hydrogens is 237 g/mol. The first-order chi connectivity index (χ1) is 6.20. The Morgan fingerprint density at radius 1 is 1.46 bits per heavy atom. The zero-order chi connectivity index (χ0) is 9.42. The molecule has 0 fully saturated rings. The van der Waals surface area contributed by atoms with Gasteiger partial charge in [0.25, 0.3) is 0 Å². The highest BCUT2D eigenvalue weighted by molar-refractivity contribution is 7.11. The summed E-state index contributed by atoms with van der Waals surface area (Å²) >= 11 is 12.4. The minimum absolute atomic E-state index is 0.190. The molecule has 0 unspecified atom stereocenters. The Labute approximate surface area is 85.2 Å². The second kappa shape index (κ2) is 3.09. The van der Waals surface area contributed by atoms with E-state index in [2.05, 4.69) is 19.9 Å². The summed E-state index contributed by atoms with van der Waals surface area (Å²) in [4.78, 5) is 11.0. The molecule has 0 aromatic carbocycles. The third-order valence-corrected chi connectivity index (χ3v) is 2.85. The molecule has 13 heavy (non-hydrogen) atoms. The van der Waals surface area contributed by atoms with Crippen molar-refractivity contribution in [2.45, 2.75) is 0 Å². The summed E-state index contributed by atoms with van der Waals surface area (Å²) in [7, 11) is 0. The monoisotopic (exact) mass is 237 g/mol. The molecule has 0 radical (unpaired) electrons. The van der Waals surface area contributed by atoms with Gasteiger partial charge in [0.15, 0.2) is 5.82 Å². The first-order valence-corrected chi connectivity index (χ1v) is 4.54. The van der Waals surface area contributed by atoms with Gasteiger partial charge in [-0.05, 0) is 22.0 Å². The fourth-order valence-electron chi connectivity index (χ4n) is 0.719. The van der Waals surface area contributed by atoms with Crippen LogP contribution in [-0.4, -0.2) is 24.6 Å². The summed E-state index contributed by atoms with van der Waals surface area (Å²) in [6.45, 7) is 0. The van der Waals surface area contributed by atoms with Crippen LogP contribution in [0.2, 0.25) is 9.36 Å². The summed E-state index contributed by atoms with van der Waals surface area (Å²) in [6.07, 6.45) is 0. The number of nitrogens with zero attached hydrogens (tertiary/aromatic N) is 4. The molecule has 9 heteroatoms. The highest BCUT2D eigenvalue weighted by Crippen LogP contribution is 2.30. The summed E-state index contributed by atoms with van der Waals surface area (Å²) in [6, 6.07) is 0. The van der Waals surface area contributed by atoms with Crippen LogP contribution in [-0.2, 0) is 0 Å². The lowest BCUT2D eigenvalue weighted by atomic mass is 10.6. The summed E-state index contributed by atoms with van der Waals surface area (Å²) in [5.74, 6) is 0.190. The lowest BCUT2D eigenvalue weighted by Gasteiger charge is -1.90. The molecule has 0 atom stereocenters. The van der Waals surface area contributed by atoms with Crippen LogP contribution in [0.4, 0.5) is 0 Å². The third-order valence-electron chi connectivity index (χ3n) is 1.25. The van der Waals surface area contributed by atoms with Gasteiger partial charge in [0.2, 0.25) is 0 Å². The van der Waals surface area contributed by atoms with Crippen LogP contribution in [0.3, 0.4) is 0 Å². The number of H-pyrrole nitrogens is 1. The van der Waals surface area contributed by atoms with Crippen molar-refractivity contribution in [2.24, 2.45) is 0 Å². The smallest absolute Gasteiger partial charge is 0.244 e. The number of aromatic nitrogens is 5. The van der Waals surface area contributed by atoms with Gasteiger partial charge in [0, 0.05) is 0 Å². The fraction of sp³-hybridized carbons (Fsp3) is 0. The SMILES string of the molecule is O=c1[nH]nnn1-c1nsc(Cl)c1Cl. The molecule has 68 valence electrons. The van der Waals surface area contributed by atoms with E-state index >= 15 is 0 Å². The Balaban J connectivity index is 2.66. The summed E-state index contributed by atoms with van der Waals surface area (Å²) < 4.78 is 5.08. The number of hydrogen-bond donors (Lipinski definition) is 1. The van der Waals surface area contributed by atoms with Gasteiger partial charge < -0.3 is 0 Å². The number of tetrazole rings is 1. The number of rotatable bonds is 1. The van der Waals surface area contributed by atoms with Crippen molar-refractivity contribution in [2.75, 3.05) is 0 Å². The Bertz CT molecular complexity index is 487. The minimum atomic E-state index is -0.510. The highest BCUT2D eigenvalue weighted by atomic mass is 35.5. The zero-order valence-corrected chi connectivity index (χ0v) is 8.19. The quantitative estimate of drug-likeness (QED) is 0.793. The molecule has 1 N–H and O–H groups in total. The van der Waals surface area contributed by atoms with Crippen molar-refractivity contribution < 1.29 is 0 Å². The van der Waals surface area contributed by atoms with E-state index in [9.17, 15) is 4.79 Å². The second-order valence-corrected chi connectivity index (χ2v) is 3.77. The van der Waals surface area contributed by atoms with Gasteiger partial charge in [-0.1, -0.05) is 23.2 Å². The van der Waals surface area contributed by atoms with Crippen molar-refractivity contribution in [3.05, 3.63) is 19.8 Å². The maximum absolute atomic E-state index is 11.0. The van der Waals surface area contributed by atoms with E-state index < -0.39 is 5.69 Å². The second-order valence-electron chi connectivity index (χ2n) is 2.01. The van der Waals surface area contributed by atoms with E-state index in [4.69, 9.17) is 23.2 Å². The van der Waals surface area contributed by atoms with Crippen LogP contribution in [0, 0.1) is 0 Å². The summed E-state index contributed by atoms with van der Waals surface area (Å²) in [5, 5.41) is 9.06. The van der Waals surface area contributed by atoms with Crippen molar-refractivity contribution in [3.63, 3.8) is 0 Å². The molecule has 0 saturated heterocycles. The average molecular weight is 238 g/mol. The molecule has 0 bridgehead atoms. The average Bonchev–Trinajstić information content (AvgIpc) is 2.62. The van der Waals surface area contributed by atoms with E-state index in [1.165, 1.54) is 0 Å². The van der Waals surface area contributed by atoms with Crippen molar-refractivity contribution in [1.29, 1.82) is 0 Å². The predicted molar refractivity (Wildman–Crippen MR) is 47.7 cm³/mol. The maximum Gasteiger partial charge on any atom is 0.367 e. The topological polar surface area (TPSA) is 76.5 Å². The van der Waals surface area contributed by atoms with E-state index in [-0.39, 0.29) is 10.8 Å². The van der Waals surface area contributed by atoms with E-state index in [1.807, 2.05) is 0 Å². The highest BCUT2D eigenvalue weighted by Gasteiger charge is 2.14. The van der Waals surface area contributed by atoms with Gasteiger partial charge in [0.05, 0.1) is 0 Å². The van der Waals surface area contributed by atoms with Crippen LogP contribution in [0.15, 0.2) is 4.79 Å². The minimum Gasteiger partial charge on any atom is -0.244 e. The van der Waals surface area contributed by atoms with E-state index in [0.717, 1.165) is 16.2 Å². The number of halogens is 2. The molecule has 2 aromatic heterocycles. The Morgan fingerprint density at radius 2 is 2.23 bits per heavy atom. The first-order valence-electron chi connectivity index (χ1n) is 3.01. The lowest BCUT2D eigenvalue weighted by molar-refractivity contribution is 0.768. The van der Waals surface area contributed by atoms with Gasteiger partial charge in [-0.15, -0.1) is 4.68 Å². The number of hydrogen-bond acceptors (Lipinski definition) is 5. The Hall–Kier alpha value is -0.920. The van der Waals surface area contributed by atoms with Crippen LogP contribution in [0.25, 0.3) is 5.82 Å². The lowest BCUT2D eigenvalue weighted by Crippen LogP contribution is -2.16. The van der Waals surface area contributed by atoms with Crippen molar-refractivity contribution in [1.82, 2.24) is 24.6 Å². The largest absolute Gasteiger partial charge is 0.367 e. The van der Waals surface area contributed by atoms with Crippen molar-refractivity contribution in [3.8, 4) is 5.82 Å². The van der Waals surface area contributed by atoms with Gasteiger partial charge in [-0.2, -0.15) is 4.37 Å². The number of aromatic amines is 1. The van der Waals surface area contributed by atoms with Gasteiger partial charge in [0.1, 0.15) is 9.36 Å². The standard InChI is InChI=1S/C4HCl2N5OS/c5-1-2(6)13-8-3(1)11-4(12)7-9-10-11/h(H,7,10,12). The molecule has 6 nitrogen and oxygen atoms in total. The van der Waals surface area contributed by atoms with Crippen LogP contribution in [0.1, 0.15) is 0 Å². The Kier molecular flexibility index (Phi) is 2.06. The molecule has 0 saturated carbocycles. The molecular formula is C4HCl2N5OS. The predicted octanol–water partition coefficient (Wildman–Crippen LogP) is 0.719. The van der Waals surface area contributed by atoms with Crippen molar-refractivity contribution >= 4 is 34.7 Å². The van der Waals surface area contributed by atoms with E-state index in [1.54, 1.807) is 0 Å². The molecule has 2 aromatic rings. The zero-order valence-electron chi connectivity index (χ0n) is 5.86. The fourth-order valence-corrected chi connectivity index (χ4v) is 1.69. The van der Waals surface area contributed by atoms with Gasteiger partial charge in [-0.3, -0.25) is 0 Å². The first kappa shape index (κ1) is 8.67. The van der Waals surface area contributed by atoms with Gasteiger partial charge >= 0.3 is 5.69 Å². The molecule has 2 heterocycles. The number of nitrogens with one attached hydrogen (secondary N) is 1. The maximum atomic E-state index is 11.0. The van der Waals surface area contributed by atoms with Crippen LogP contribution >= 0.6 is 34.7 Å². The van der Waals surface area contributed by atoms with Gasteiger partial charge in [-0.25, -0.2) is 9.89 Å². The molecule has 0 amide bonds. The molecule has 0 aliphatic carbocycles. The molecule has 0 aliphatic heterocycles. The van der Waals surface area contributed by atoms with E-state index in [0.29, 0.717) is 4.34 Å². The summed E-state index contributed by atoms with van der Waals surface area (Å²) in [5.41, 5.74) is -0.510. The molecule has 2 rings (SSSR count). The molecule has 0 aliphatic rings. The molecule has 0 spiro atoms. The normalized spacial score (nSPS) is 10.6.